The van der Waals surface area contributed by atoms with Gasteiger partial charge in [0.1, 0.15) is 0 Å². The fourth-order valence-corrected chi connectivity index (χ4v) is 1.84. The van der Waals surface area contributed by atoms with E-state index in [9.17, 15) is 4.79 Å². The molecule has 4 heteroatoms. The quantitative estimate of drug-likeness (QED) is 0.803. The Morgan fingerprint density at radius 3 is 3.00 bits per heavy atom. The van der Waals surface area contributed by atoms with Crippen molar-refractivity contribution in [2.45, 2.75) is 25.8 Å². The second-order valence-corrected chi connectivity index (χ2v) is 4.38. The molecule has 2 N–H and O–H groups in total. The van der Waals surface area contributed by atoms with Gasteiger partial charge in [0.2, 0.25) is 0 Å². The van der Waals surface area contributed by atoms with E-state index in [4.69, 9.17) is 5.73 Å². The third kappa shape index (κ3) is 2.46. The molecule has 1 fully saturated rings. The van der Waals surface area contributed by atoms with E-state index in [0.717, 1.165) is 18.5 Å². The maximum atomic E-state index is 12.4. The summed E-state index contributed by atoms with van der Waals surface area (Å²) in [6.45, 7) is 6.10. The van der Waals surface area contributed by atoms with Gasteiger partial charge < -0.3 is 10.6 Å². The van der Waals surface area contributed by atoms with Crippen LogP contribution < -0.4 is 5.73 Å². The average Bonchev–Trinajstić information content (AvgIpc) is 3.12. The largest absolute Gasteiger partial charge is 0.397 e. The normalized spacial score (nSPS) is 14.4. The molecule has 0 aliphatic heterocycles. The molecular weight excluding hydrogens is 214 g/mol. The molecule has 0 unspecified atom stereocenters. The van der Waals surface area contributed by atoms with Crippen LogP contribution >= 0.6 is 0 Å². The molecule has 2 rings (SSSR count). The highest BCUT2D eigenvalue weighted by atomic mass is 16.2. The van der Waals surface area contributed by atoms with Crippen LogP contribution in [0.3, 0.4) is 0 Å². The van der Waals surface area contributed by atoms with Crippen molar-refractivity contribution < 1.29 is 4.79 Å². The third-order valence-electron chi connectivity index (χ3n) is 2.91. The van der Waals surface area contributed by atoms with Crippen molar-refractivity contribution in [3.63, 3.8) is 0 Å². The monoisotopic (exact) mass is 231 g/mol. The average molecular weight is 231 g/mol. The minimum absolute atomic E-state index is 0.00435. The van der Waals surface area contributed by atoms with Crippen LogP contribution in [0.15, 0.2) is 24.9 Å². The highest BCUT2D eigenvalue weighted by Gasteiger charge is 2.32. The van der Waals surface area contributed by atoms with Crippen LogP contribution in [0.1, 0.15) is 28.9 Å². The SMILES string of the molecule is C=CCN(C(=O)c1cc(N)cnc1C)C1CC1. The van der Waals surface area contributed by atoms with Gasteiger partial charge in [-0.3, -0.25) is 9.78 Å². The van der Waals surface area contributed by atoms with E-state index in [-0.39, 0.29) is 5.91 Å². The second kappa shape index (κ2) is 4.57. The second-order valence-electron chi connectivity index (χ2n) is 4.38. The fourth-order valence-electron chi connectivity index (χ4n) is 1.84. The number of nitrogens with two attached hydrogens (primary N) is 1. The van der Waals surface area contributed by atoms with E-state index >= 15 is 0 Å². The number of carbonyl (C=O) groups excluding carboxylic acids is 1. The van der Waals surface area contributed by atoms with Crippen molar-refractivity contribution >= 4 is 11.6 Å². The van der Waals surface area contributed by atoms with Gasteiger partial charge in [0.15, 0.2) is 0 Å². The minimum Gasteiger partial charge on any atom is -0.397 e. The number of rotatable bonds is 4. The molecule has 90 valence electrons. The number of hydrogen-bond acceptors (Lipinski definition) is 3. The van der Waals surface area contributed by atoms with Gasteiger partial charge in [-0.15, -0.1) is 6.58 Å². The van der Waals surface area contributed by atoms with Crippen molar-refractivity contribution in [2.75, 3.05) is 12.3 Å². The molecule has 0 atom stereocenters. The summed E-state index contributed by atoms with van der Waals surface area (Å²) in [6.07, 6.45) is 5.48. The summed E-state index contributed by atoms with van der Waals surface area (Å²) in [6, 6.07) is 2.06. The summed E-state index contributed by atoms with van der Waals surface area (Å²) < 4.78 is 0. The molecule has 17 heavy (non-hydrogen) atoms. The molecule has 0 bridgehead atoms. The Morgan fingerprint density at radius 1 is 1.71 bits per heavy atom. The predicted molar refractivity (Wildman–Crippen MR) is 67.6 cm³/mol. The van der Waals surface area contributed by atoms with Crippen LogP contribution in [-0.2, 0) is 0 Å². The zero-order valence-corrected chi connectivity index (χ0v) is 10.0. The zero-order chi connectivity index (χ0) is 12.4. The van der Waals surface area contributed by atoms with Crippen LogP contribution in [0.5, 0.6) is 0 Å². The van der Waals surface area contributed by atoms with Gasteiger partial charge in [0.25, 0.3) is 5.91 Å². The summed E-state index contributed by atoms with van der Waals surface area (Å²) in [5, 5.41) is 0. The molecule has 1 aromatic heterocycles. The number of carbonyl (C=O) groups is 1. The molecule has 0 spiro atoms. The molecule has 1 aliphatic carbocycles. The number of nitrogens with zero attached hydrogens (tertiary/aromatic N) is 2. The summed E-state index contributed by atoms with van der Waals surface area (Å²) >= 11 is 0. The van der Waals surface area contributed by atoms with E-state index in [2.05, 4.69) is 11.6 Å². The topological polar surface area (TPSA) is 59.2 Å². The van der Waals surface area contributed by atoms with E-state index in [1.54, 1.807) is 18.3 Å². The highest BCUT2D eigenvalue weighted by molar-refractivity contribution is 5.96. The third-order valence-corrected chi connectivity index (χ3v) is 2.91. The van der Waals surface area contributed by atoms with Crippen molar-refractivity contribution in [3.8, 4) is 0 Å². The van der Waals surface area contributed by atoms with Gasteiger partial charge >= 0.3 is 0 Å². The number of nitrogen functional groups attached to an aromatic ring is 1. The molecule has 1 heterocycles. The molecule has 0 aromatic carbocycles. The molecule has 1 amide bonds. The predicted octanol–water partition coefficient (Wildman–Crippen LogP) is 1.76. The Hall–Kier alpha value is -1.84. The fraction of sp³-hybridized carbons (Fsp3) is 0.385. The van der Waals surface area contributed by atoms with Crippen LogP contribution in [0.2, 0.25) is 0 Å². The van der Waals surface area contributed by atoms with Gasteiger partial charge in [-0.05, 0) is 25.8 Å². The number of amides is 1. The number of anilines is 1. The van der Waals surface area contributed by atoms with Gasteiger partial charge in [-0.25, -0.2) is 0 Å². The Balaban J connectivity index is 2.27. The Kier molecular flexibility index (Phi) is 3.13. The van der Waals surface area contributed by atoms with E-state index in [0.29, 0.717) is 23.8 Å². The first kappa shape index (κ1) is 11.6. The summed E-state index contributed by atoms with van der Waals surface area (Å²) in [5.41, 5.74) is 7.52. The molecule has 0 radical (unpaired) electrons. The summed E-state index contributed by atoms with van der Waals surface area (Å²) in [7, 11) is 0. The number of pyridine rings is 1. The lowest BCUT2D eigenvalue weighted by molar-refractivity contribution is 0.0761. The maximum Gasteiger partial charge on any atom is 0.256 e. The first-order valence-electron chi connectivity index (χ1n) is 5.77. The van der Waals surface area contributed by atoms with Crippen molar-refractivity contribution in [3.05, 3.63) is 36.2 Å². The van der Waals surface area contributed by atoms with Gasteiger partial charge in [0.05, 0.1) is 23.1 Å². The zero-order valence-electron chi connectivity index (χ0n) is 10.0. The number of aromatic nitrogens is 1. The van der Waals surface area contributed by atoms with Crippen LogP contribution in [0, 0.1) is 6.92 Å². The molecule has 4 nitrogen and oxygen atoms in total. The first-order chi connectivity index (χ1) is 8.13. The smallest absolute Gasteiger partial charge is 0.256 e. The number of aryl methyl sites for hydroxylation is 1. The lowest BCUT2D eigenvalue weighted by Crippen LogP contribution is -2.33. The first-order valence-corrected chi connectivity index (χ1v) is 5.77. The lowest BCUT2D eigenvalue weighted by Gasteiger charge is -2.21. The van der Waals surface area contributed by atoms with E-state index < -0.39 is 0 Å². The van der Waals surface area contributed by atoms with Gasteiger partial charge in [0, 0.05) is 12.6 Å². The summed E-state index contributed by atoms with van der Waals surface area (Å²) in [4.78, 5) is 18.3. The molecule has 1 saturated carbocycles. The highest BCUT2D eigenvalue weighted by Crippen LogP contribution is 2.28. The Bertz CT molecular complexity index is 452. The maximum absolute atomic E-state index is 12.4. The minimum atomic E-state index is 0.00435. The van der Waals surface area contributed by atoms with Crippen LogP contribution in [0.4, 0.5) is 5.69 Å². The van der Waals surface area contributed by atoms with Crippen molar-refractivity contribution in [1.29, 1.82) is 0 Å². The molecular formula is C13H17N3O. The van der Waals surface area contributed by atoms with Gasteiger partial charge in [-0.1, -0.05) is 6.08 Å². The lowest BCUT2D eigenvalue weighted by atomic mass is 10.1. The Morgan fingerprint density at radius 2 is 2.41 bits per heavy atom. The Labute approximate surface area is 101 Å². The molecule has 0 saturated heterocycles. The van der Waals surface area contributed by atoms with E-state index in [1.165, 1.54) is 0 Å². The standard InChI is InChI=1S/C13H17N3O/c1-3-6-16(11-4-5-11)13(17)12-7-10(14)8-15-9(12)2/h3,7-8,11H,1,4-6,14H2,2H3. The molecule has 1 aliphatic rings. The van der Waals surface area contributed by atoms with Gasteiger partial charge in [-0.2, -0.15) is 0 Å². The number of hydrogen-bond donors (Lipinski definition) is 1. The summed E-state index contributed by atoms with van der Waals surface area (Å²) in [5.74, 6) is 0.00435. The van der Waals surface area contributed by atoms with Crippen LogP contribution in [0.25, 0.3) is 0 Å². The van der Waals surface area contributed by atoms with Crippen molar-refractivity contribution in [1.82, 2.24) is 9.88 Å². The van der Waals surface area contributed by atoms with E-state index in [1.807, 2.05) is 11.8 Å². The van der Waals surface area contributed by atoms with Crippen molar-refractivity contribution in [2.24, 2.45) is 0 Å². The molecule has 1 aromatic rings. The van der Waals surface area contributed by atoms with Crippen LogP contribution in [-0.4, -0.2) is 28.4 Å².